The lowest BCUT2D eigenvalue weighted by Crippen LogP contribution is -2.32. The van der Waals surface area contributed by atoms with Crippen LogP contribution in [0.25, 0.3) is 0 Å². The second kappa shape index (κ2) is 6.70. The Bertz CT molecular complexity index is 619. The number of rotatable bonds is 3. The normalized spacial score (nSPS) is 10.2. The van der Waals surface area contributed by atoms with Crippen molar-refractivity contribution in [2.24, 2.45) is 0 Å². The smallest absolute Gasteiger partial charge is 0.410 e. The van der Waals surface area contributed by atoms with Gasteiger partial charge in [0, 0.05) is 5.56 Å². The summed E-state index contributed by atoms with van der Waals surface area (Å²) >= 11 is 0. The number of carbonyl (C=O) groups is 1. The summed E-state index contributed by atoms with van der Waals surface area (Å²) in [6.45, 7) is 4.20. The van der Waals surface area contributed by atoms with Gasteiger partial charge in [0.25, 0.3) is 0 Å². The van der Waals surface area contributed by atoms with E-state index in [0.717, 1.165) is 0 Å². The summed E-state index contributed by atoms with van der Waals surface area (Å²) in [7, 11) is 0. The molecule has 0 spiro atoms. The topological polar surface area (TPSA) is 62.2 Å². The van der Waals surface area contributed by atoms with Crippen molar-refractivity contribution < 1.29 is 9.53 Å². The Morgan fingerprint density at radius 3 is 2.24 bits per heavy atom. The van der Waals surface area contributed by atoms with E-state index in [9.17, 15) is 4.79 Å². The van der Waals surface area contributed by atoms with Crippen LogP contribution in [0.1, 0.15) is 30.9 Å². The van der Waals surface area contributed by atoms with Crippen molar-refractivity contribution in [1.82, 2.24) is 5.32 Å². The maximum Gasteiger partial charge on any atom is 0.418 e. The largest absolute Gasteiger partial charge is 0.418 e. The van der Waals surface area contributed by atoms with E-state index in [-0.39, 0.29) is 5.84 Å². The molecule has 0 aliphatic heterocycles. The van der Waals surface area contributed by atoms with E-state index in [2.05, 4.69) is 19.2 Å². The van der Waals surface area contributed by atoms with Crippen LogP contribution in [0.2, 0.25) is 0 Å². The number of hydrogen-bond donors (Lipinski definition) is 2. The standard InChI is InChI=1S/C17H18N2O2/c1-12(2)13-8-10-15(11-9-13)21-17(20)19-16(18)14-6-4-3-5-7-14/h3-12H,1-2H3,(H2,18,19,20). The minimum Gasteiger partial charge on any atom is -0.410 e. The van der Waals surface area contributed by atoms with Crippen molar-refractivity contribution in [1.29, 1.82) is 5.41 Å². The summed E-state index contributed by atoms with van der Waals surface area (Å²) < 4.78 is 5.15. The molecular weight excluding hydrogens is 264 g/mol. The van der Waals surface area contributed by atoms with Gasteiger partial charge < -0.3 is 4.74 Å². The molecule has 0 saturated heterocycles. The predicted molar refractivity (Wildman–Crippen MR) is 83.0 cm³/mol. The highest BCUT2D eigenvalue weighted by Gasteiger charge is 2.09. The van der Waals surface area contributed by atoms with Crippen LogP contribution >= 0.6 is 0 Å². The maximum absolute atomic E-state index is 11.7. The first kappa shape index (κ1) is 14.8. The number of benzene rings is 2. The minimum atomic E-state index is -0.666. The fourth-order valence-corrected chi connectivity index (χ4v) is 1.83. The number of hydrogen-bond acceptors (Lipinski definition) is 3. The van der Waals surface area contributed by atoms with Gasteiger partial charge in [0.15, 0.2) is 0 Å². The molecule has 0 heterocycles. The van der Waals surface area contributed by atoms with Crippen molar-refractivity contribution in [3.05, 3.63) is 65.7 Å². The molecule has 0 fully saturated rings. The first-order valence-corrected chi connectivity index (χ1v) is 6.79. The highest BCUT2D eigenvalue weighted by atomic mass is 16.6. The van der Waals surface area contributed by atoms with Crippen LogP contribution in [0.3, 0.4) is 0 Å². The number of amidine groups is 1. The van der Waals surface area contributed by atoms with E-state index in [1.165, 1.54) is 5.56 Å². The molecule has 0 aliphatic rings. The highest BCUT2D eigenvalue weighted by molar-refractivity contribution is 6.04. The Balaban J connectivity index is 1.94. The third-order valence-electron chi connectivity index (χ3n) is 3.05. The zero-order valence-electron chi connectivity index (χ0n) is 12.1. The second-order valence-electron chi connectivity index (χ2n) is 4.98. The van der Waals surface area contributed by atoms with Crippen LogP contribution in [0.5, 0.6) is 5.75 Å². The molecule has 4 nitrogen and oxygen atoms in total. The van der Waals surface area contributed by atoms with Gasteiger partial charge in [-0.05, 0) is 23.6 Å². The van der Waals surface area contributed by atoms with Gasteiger partial charge in [-0.3, -0.25) is 10.7 Å². The SMILES string of the molecule is CC(C)c1ccc(OC(=O)NC(=N)c2ccccc2)cc1. The van der Waals surface area contributed by atoms with Gasteiger partial charge in [0.1, 0.15) is 11.6 Å². The van der Waals surface area contributed by atoms with E-state index < -0.39 is 6.09 Å². The molecule has 1 amide bonds. The molecule has 0 aliphatic carbocycles. The van der Waals surface area contributed by atoms with Crippen molar-refractivity contribution in [2.75, 3.05) is 0 Å². The van der Waals surface area contributed by atoms with E-state index in [0.29, 0.717) is 17.2 Å². The molecule has 0 aromatic heterocycles. The van der Waals surface area contributed by atoms with Gasteiger partial charge in [-0.15, -0.1) is 0 Å². The predicted octanol–water partition coefficient (Wildman–Crippen LogP) is 3.92. The fourth-order valence-electron chi connectivity index (χ4n) is 1.83. The van der Waals surface area contributed by atoms with Crippen molar-refractivity contribution in [2.45, 2.75) is 19.8 Å². The molecular formula is C17H18N2O2. The lowest BCUT2D eigenvalue weighted by Gasteiger charge is -2.09. The summed E-state index contributed by atoms with van der Waals surface area (Å²) in [6, 6.07) is 16.3. The summed E-state index contributed by atoms with van der Waals surface area (Å²) in [6.07, 6.45) is -0.666. The molecule has 4 heteroatoms. The Kier molecular flexibility index (Phi) is 4.72. The number of carbonyl (C=O) groups excluding carboxylic acids is 1. The van der Waals surface area contributed by atoms with Gasteiger partial charge in [-0.1, -0.05) is 56.3 Å². The monoisotopic (exact) mass is 282 g/mol. The minimum absolute atomic E-state index is 0.0133. The zero-order chi connectivity index (χ0) is 15.2. The summed E-state index contributed by atoms with van der Waals surface area (Å²) in [5.41, 5.74) is 1.81. The first-order valence-electron chi connectivity index (χ1n) is 6.79. The average molecular weight is 282 g/mol. The molecule has 0 atom stereocenters. The van der Waals surface area contributed by atoms with E-state index >= 15 is 0 Å². The van der Waals surface area contributed by atoms with Gasteiger partial charge in [-0.25, -0.2) is 4.79 Å². The Labute approximate surface area is 124 Å². The van der Waals surface area contributed by atoms with Crippen LogP contribution in [-0.2, 0) is 0 Å². The highest BCUT2D eigenvalue weighted by Crippen LogP contribution is 2.18. The van der Waals surface area contributed by atoms with Gasteiger partial charge in [-0.2, -0.15) is 0 Å². The molecule has 0 bridgehead atoms. The molecule has 2 aromatic carbocycles. The quantitative estimate of drug-likeness (QED) is 0.662. The van der Waals surface area contributed by atoms with Gasteiger partial charge >= 0.3 is 6.09 Å². The zero-order valence-corrected chi connectivity index (χ0v) is 12.1. The average Bonchev–Trinajstić information content (AvgIpc) is 2.48. The molecule has 21 heavy (non-hydrogen) atoms. The van der Waals surface area contributed by atoms with E-state index in [1.54, 1.807) is 24.3 Å². The lowest BCUT2D eigenvalue weighted by molar-refractivity contribution is 0.206. The van der Waals surface area contributed by atoms with Crippen LogP contribution in [0.4, 0.5) is 4.79 Å². The third-order valence-corrected chi connectivity index (χ3v) is 3.05. The van der Waals surface area contributed by atoms with Crippen molar-refractivity contribution >= 4 is 11.9 Å². The number of ether oxygens (including phenoxy) is 1. The molecule has 0 radical (unpaired) electrons. The van der Waals surface area contributed by atoms with Crippen LogP contribution in [0.15, 0.2) is 54.6 Å². The Hall–Kier alpha value is -2.62. The third kappa shape index (κ3) is 4.18. The first-order chi connectivity index (χ1) is 10.1. The fraction of sp³-hybridized carbons (Fsp3) is 0.176. The van der Waals surface area contributed by atoms with Gasteiger partial charge in [0.05, 0.1) is 0 Å². The molecule has 0 unspecified atom stereocenters. The second-order valence-corrected chi connectivity index (χ2v) is 4.98. The summed E-state index contributed by atoms with van der Waals surface area (Å²) in [5.74, 6) is 0.899. The van der Waals surface area contributed by atoms with Crippen LogP contribution in [-0.4, -0.2) is 11.9 Å². The van der Waals surface area contributed by atoms with Crippen molar-refractivity contribution in [3.63, 3.8) is 0 Å². The summed E-state index contributed by atoms with van der Waals surface area (Å²) in [5, 5.41) is 10.2. The number of amides is 1. The maximum atomic E-state index is 11.7. The molecule has 2 N–H and O–H groups in total. The molecule has 108 valence electrons. The van der Waals surface area contributed by atoms with Crippen LogP contribution < -0.4 is 10.1 Å². The van der Waals surface area contributed by atoms with E-state index in [1.807, 2.05) is 30.3 Å². The molecule has 0 saturated carbocycles. The Morgan fingerprint density at radius 1 is 1.05 bits per heavy atom. The summed E-state index contributed by atoms with van der Waals surface area (Å²) in [4.78, 5) is 11.7. The Morgan fingerprint density at radius 2 is 1.67 bits per heavy atom. The molecule has 2 aromatic rings. The number of nitrogens with one attached hydrogen (secondary N) is 2. The van der Waals surface area contributed by atoms with Gasteiger partial charge in [0.2, 0.25) is 0 Å². The van der Waals surface area contributed by atoms with Crippen molar-refractivity contribution in [3.8, 4) is 5.75 Å². The van der Waals surface area contributed by atoms with E-state index in [4.69, 9.17) is 10.1 Å². The lowest BCUT2D eigenvalue weighted by atomic mass is 10.0. The molecule has 2 rings (SSSR count). The van der Waals surface area contributed by atoms with Crippen LogP contribution in [0, 0.1) is 5.41 Å².